The monoisotopic (exact) mass is 432 g/mol. The Morgan fingerprint density at radius 2 is 1.62 bits per heavy atom. The molecule has 0 fully saturated rings. The SMILES string of the molecule is COc1cc(Cl)c(C(Br)c2ccc(C)cc2Br)cc1OC. The average Bonchev–Trinajstić information content (AvgIpc) is 2.46. The van der Waals surface area contributed by atoms with Crippen molar-refractivity contribution in [2.75, 3.05) is 14.2 Å². The highest BCUT2D eigenvalue weighted by atomic mass is 79.9. The summed E-state index contributed by atoms with van der Waals surface area (Å²) in [6, 6.07) is 9.89. The molecule has 2 nitrogen and oxygen atoms in total. The minimum Gasteiger partial charge on any atom is -0.493 e. The molecule has 0 N–H and O–H groups in total. The lowest BCUT2D eigenvalue weighted by Gasteiger charge is -2.17. The summed E-state index contributed by atoms with van der Waals surface area (Å²) < 4.78 is 11.7. The predicted molar refractivity (Wildman–Crippen MR) is 94.2 cm³/mol. The standard InChI is InChI=1S/C16H15Br2ClO2/c1-9-4-5-10(12(17)6-9)16(18)11-7-14(20-2)15(21-3)8-13(11)19/h4-8,16H,1-3H3. The number of aryl methyl sites for hydroxylation is 1. The number of ether oxygens (including phenoxy) is 2. The summed E-state index contributed by atoms with van der Waals surface area (Å²) in [5.41, 5.74) is 3.23. The maximum absolute atomic E-state index is 6.38. The zero-order chi connectivity index (χ0) is 15.6. The Hall–Kier alpha value is -0.710. The highest BCUT2D eigenvalue weighted by Crippen LogP contribution is 2.43. The van der Waals surface area contributed by atoms with Crippen LogP contribution in [0.5, 0.6) is 11.5 Å². The largest absolute Gasteiger partial charge is 0.493 e. The van der Waals surface area contributed by atoms with Crippen LogP contribution >= 0.6 is 43.5 Å². The minimum absolute atomic E-state index is 0.0419. The van der Waals surface area contributed by atoms with Gasteiger partial charge in [-0.25, -0.2) is 0 Å². The number of alkyl halides is 1. The van der Waals surface area contributed by atoms with Crippen molar-refractivity contribution < 1.29 is 9.47 Å². The molecule has 0 aliphatic carbocycles. The van der Waals surface area contributed by atoms with Crippen LogP contribution in [0.1, 0.15) is 21.5 Å². The van der Waals surface area contributed by atoms with Crippen LogP contribution in [-0.4, -0.2) is 14.2 Å². The predicted octanol–water partition coefficient (Wildman–Crippen LogP) is 5.91. The van der Waals surface area contributed by atoms with Crippen molar-refractivity contribution in [2.24, 2.45) is 0 Å². The topological polar surface area (TPSA) is 18.5 Å². The number of methoxy groups -OCH3 is 2. The normalized spacial score (nSPS) is 12.1. The molecule has 0 amide bonds. The molecule has 0 heterocycles. The first-order valence-electron chi connectivity index (χ1n) is 6.29. The molecule has 2 aromatic rings. The number of halogens is 3. The first-order valence-corrected chi connectivity index (χ1v) is 8.38. The Morgan fingerprint density at radius 1 is 1.00 bits per heavy atom. The van der Waals surface area contributed by atoms with Crippen molar-refractivity contribution in [1.82, 2.24) is 0 Å². The lowest BCUT2D eigenvalue weighted by atomic mass is 10.0. The van der Waals surface area contributed by atoms with Crippen molar-refractivity contribution >= 4 is 43.5 Å². The van der Waals surface area contributed by atoms with E-state index in [9.17, 15) is 0 Å². The van der Waals surface area contributed by atoms with Crippen molar-refractivity contribution in [3.8, 4) is 11.5 Å². The van der Waals surface area contributed by atoms with E-state index in [2.05, 4.69) is 57.0 Å². The third kappa shape index (κ3) is 3.55. The number of hydrogen-bond acceptors (Lipinski definition) is 2. The Balaban J connectivity index is 2.50. The van der Waals surface area contributed by atoms with Gasteiger partial charge in [-0.1, -0.05) is 55.6 Å². The first kappa shape index (κ1) is 16.7. The molecule has 5 heteroatoms. The Morgan fingerprint density at radius 3 is 2.19 bits per heavy atom. The van der Waals surface area contributed by atoms with Gasteiger partial charge < -0.3 is 9.47 Å². The van der Waals surface area contributed by atoms with Crippen molar-refractivity contribution in [2.45, 2.75) is 11.8 Å². The molecular weight excluding hydrogens is 419 g/mol. The van der Waals surface area contributed by atoms with Crippen molar-refractivity contribution in [1.29, 1.82) is 0 Å². The highest BCUT2D eigenvalue weighted by Gasteiger charge is 2.19. The van der Waals surface area contributed by atoms with Gasteiger partial charge in [0.05, 0.1) is 19.0 Å². The molecule has 0 bridgehead atoms. The summed E-state index contributed by atoms with van der Waals surface area (Å²) in [6.45, 7) is 2.06. The zero-order valence-corrected chi connectivity index (χ0v) is 15.8. The second-order valence-corrected chi connectivity index (χ2v) is 6.79. The summed E-state index contributed by atoms with van der Waals surface area (Å²) in [4.78, 5) is -0.0419. The summed E-state index contributed by atoms with van der Waals surface area (Å²) in [6.07, 6.45) is 0. The third-order valence-electron chi connectivity index (χ3n) is 3.20. The number of hydrogen-bond donors (Lipinski definition) is 0. The van der Waals surface area contributed by atoms with Crippen LogP contribution in [0.25, 0.3) is 0 Å². The van der Waals surface area contributed by atoms with E-state index < -0.39 is 0 Å². The first-order chi connectivity index (χ1) is 9.97. The van der Waals surface area contributed by atoms with Gasteiger partial charge in [0.15, 0.2) is 11.5 Å². The molecule has 0 aromatic heterocycles. The van der Waals surface area contributed by atoms with E-state index in [1.807, 2.05) is 6.07 Å². The Labute approximate surface area is 146 Å². The van der Waals surface area contributed by atoms with Gasteiger partial charge in [0.2, 0.25) is 0 Å². The van der Waals surface area contributed by atoms with E-state index in [0.29, 0.717) is 16.5 Å². The van der Waals surface area contributed by atoms with Gasteiger partial charge in [0.25, 0.3) is 0 Å². The zero-order valence-electron chi connectivity index (χ0n) is 11.9. The molecule has 2 rings (SSSR count). The van der Waals surface area contributed by atoms with E-state index in [1.54, 1.807) is 20.3 Å². The van der Waals surface area contributed by atoms with Gasteiger partial charge in [-0.15, -0.1) is 0 Å². The molecule has 1 unspecified atom stereocenters. The van der Waals surface area contributed by atoms with Crippen molar-refractivity contribution in [3.63, 3.8) is 0 Å². The molecule has 0 saturated carbocycles. The van der Waals surface area contributed by atoms with Gasteiger partial charge in [-0.3, -0.25) is 0 Å². The lowest BCUT2D eigenvalue weighted by molar-refractivity contribution is 0.354. The number of benzene rings is 2. The quantitative estimate of drug-likeness (QED) is 0.557. The van der Waals surface area contributed by atoms with E-state index in [4.69, 9.17) is 21.1 Å². The summed E-state index contributed by atoms with van der Waals surface area (Å²) >= 11 is 13.7. The van der Waals surface area contributed by atoms with Crippen LogP contribution in [0.15, 0.2) is 34.8 Å². The Kier molecular flexibility index (Phi) is 5.58. The van der Waals surface area contributed by atoms with Crippen LogP contribution in [0, 0.1) is 6.92 Å². The molecule has 2 aromatic carbocycles. The maximum atomic E-state index is 6.38. The highest BCUT2D eigenvalue weighted by molar-refractivity contribution is 9.11. The maximum Gasteiger partial charge on any atom is 0.162 e. The van der Waals surface area contributed by atoms with E-state index in [0.717, 1.165) is 15.6 Å². The molecule has 1 atom stereocenters. The smallest absolute Gasteiger partial charge is 0.162 e. The van der Waals surface area contributed by atoms with E-state index in [-0.39, 0.29) is 4.83 Å². The average molecular weight is 435 g/mol. The van der Waals surface area contributed by atoms with Gasteiger partial charge in [0.1, 0.15) is 0 Å². The van der Waals surface area contributed by atoms with Crippen LogP contribution in [-0.2, 0) is 0 Å². The fraction of sp³-hybridized carbons (Fsp3) is 0.250. The fourth-order valence-electron chi connectivity index (χ4n) is 2.07. The summed E-state index contributed by atoms with van der Waals surface area (Å²) in [7, 11) is 3.20. The second-order valence-electron chi connectivity index (χ2n) is 4.62. The van der Waals surface area contributed by atoms with Crippen LogP contribution in [0.3, 0.4) is 0 Å². The van der Waals surface area contributed by atoms with E-state index >= 15 is 0 Å². The second kappa shape index (κ2) is 7.03. The molecule has 0 saturated heterocycles. The van der Waals surface area contributed by atoms with Crippen LogP contribution in [0.4, 0.5) is 0 Å². The van der Waals surface area contributed by atoms with Gasteiger partial charge >= 0.3 is 0 Å². The van der Waals surface area contributed by atoms with Crippen LogP contribution in [0.2, 0.25) is 5.02 Å². The fourth-order valence-corrected chi connectivity index (χ4v) is 4.27. The van der Waals surface area contributed by atoms with Gasteiger partial charge in [0, 0.05) is 15.6 Å². The molecular formula is C16H15Br2ClO2. The number of rotatable bonds is 4. The summed E-state index contributed by atoms with van der Waals surface area (Å²) in [5.74, 6) is 1.28. The Bertz CT molecular complexity index is 659. The molecule has 112 valence electrons. The van der Waals surface area contributed by atoms with Gasteiger partial charge in [-0.05, 0) is 35.7 Å². The molecule has 21 heavy (non-hydrogen) atoms. The lowest BCUT2D eigenvalue weighted by Crippen LogP contribution is -1.98. The molecule has 0 spiro atoms. The van der Waals surface area contributed by atoms with E-state index in [1.165, 1.54) is 5.56 Å². The molecule has 0 radical (unpaired) electrons. The molecule has 0 aliphatic heterocycles. The van der Waals surface area contributed by atoms with Gasteiger partial charge in [-0.2, -0.15) is 0 Å². The minimum atomic E-state index is -0.0419. The van der Waals surface area contributed by atoms with Crippen LogP contribution < -0.4 is 9.47 Å². The molecule has 0 aliphatic rings. The third-order valence-corrected chi connectivity index (χ3v) is 5.21. The summed E-state index contributed by atoms with van der Waals surface area (Å²) in [5, 5.41) is 0.627. The van der Waals surface area contributed by atoms with Crippen molar-refractivity contribution in [3.05, 3.63) is 56.5 Å².